The van der Waals surface area contributed by atoms with E-state index >= 15 is 0 Å². The number of carboxylic acid groups (broad SMARTS) is 1. The minimum Gasteiger partial charge on any atom is -0.481 e. The lowest BCUT2D eigenvalue weighted by Crippen LogP contribution is -2.32. The van der Waals surface area contributed by atoms with Gasteiger partial charge < -0.3 is 15.3 Å². The molecule has 3 aromatic carbocycles. The van der Waals surface area contributed by atoms with Crippen LogP contribution in [0, 0.1) is 17.8 Å². The zero-order valence-electron chi connectivity index (χ0n) is 23.2. The summed E-state index contributed by atoms with van der Waals surface area (Å²) in [4.78, 5) is 63.6. The lowest BCUT2D eigenvalue weighted by Gasteiger charge is -2.26. The van der Waals surface area contributed by atoms with Crippen LogP contribution in [0.15, 0.2) is 78.9 Å². The third kappa shape index (κ3) is 8.48. The van der Waals surface area contributed by atoms with Gasteiger partial charge in [0.05, 0.1) is 24.7 Å². The number of para-hydroxylation sites is 1. The molecule has 4 rings (SSSR count). The third-order valence-electron chi connectivity index (χ3n) is 7.05. The second-order valence-corrected chi connectivity index (χ2v) is 10.2. The number of hydrogen-bond donors (Lipinski definition) is 2. The van der Waals surface area contributed by atoms with Crippen LogP contribution in [0.25, 0.3) is 0 Å². The molecule has 1 atom stereocenters. The van der Waals surface area contributed by atoms with Crippen molar-refractivity contribution in [3.63, 3.8) is 0 Å². The van der Waals surface area contributed by atoms with Crippen LogP contribution < -0.4 is 10.2 Å². The summed E-state index contributed by atoms with van der Waals surface area (Å²) >= 11 is 0. The molecule has 0 saturated carbocycles. The van der Waals surface area contributed by atoms with E-state index in [9.17, 15) is 29.1 Å². The molecule has 214 valence electrons. The highest BCUT2D eigenvalue weighted by atomic mass is 16.4. The lowest BCUT2D eigenvalue weighted by atomic mass is 9.94. The van der Waals surface area contributed by atoms with Crippen LogP contribution >= 0.6 is 0 Å². The standard InChI is InChI=1S/C34H32N2O6/c37-29(16-18-32(39)35-22-30(38)21-28(34(41)42)20-24-8-2-1-3-9-24)17-19-33(40)36-23-27-12-5-4-10-25(27)14-15-26-11-6-7-13-31(26)36/h1-13,28H,16-23H2,(H,35,39)(H,41,42)/t28-/m1/s1. The van der Waals surface area contributed by atoms with E-state index < -0.39 is 23.6 Å². The van der Waals surface area contributed by atoms with Gasteiger partial charge in [-0.15, -0.1) is 0 Å². The summed E-state index contributed by atoms with van der Waals surface area (Å²) in [6.45, 7) is 0.0300. The Bertz CT molecular complexity index is 1540. The van der Waals surface area contributed by atoms with Crippen LogP contribution in [-0.2, 0) is 36.9 Å². The van der Waals surface area contributed by atoms with Crippen molar-refractivity contribution in [1.29, 1.82) is 0 Å². The summed E-state index contributed by atoms with van der Waals surface area (Å²) in [5.41, 5.74) is 4.00. The predicted octanol–water partition coefficient (Wildman–Crippen LogP) is 4.08. The molecule has 2 N–H and O–H groups in total. The summed E-state index contributed by atoms with van der Waals surface area (Å²) in [7, 11) is 0. The van der Waals surface area contributed by atoms with Crippen molar-refractivity contribution < 1.29 is 29.1 Å². The van der Waals surface area contributed by atoms with Gasteiger partial charge in [-0.3, -0.25) is 24.0 Å². The zero-order valence-corrected chi connectivity index (χ0v) is 23.2. The molecule has 0 aliphatic carbocycles. The molecule has 0 bridgehead atoms. The van der Waals surface area contributed by atoms with Crippen molar-refractivity contribution >= 4 is 35.0 Å². The molecule has 0 aromatic heterocycles. The first-order valence-corrected chi connectivity index (χ1v) is 13.9. The normalized spacial score (nSPS) is 12.3. The summed E-state index contributed by atoms with van der Waals surface area (Å²) in [6, 6.07) is 24.1. The van der Waals surface area contributed by atoms with Crippen molar-refractivity contribution in [2.45, 2.75) is 45.1 Å². The summed E-state index contributed by atoms with van der Waals surface area (Å²) in [5, 5.41) is 12.0. The number of benzene rings is 3. The average molecular weight is 565 g/mol. The van der Waals surface area contributed by atoms with Crippen LogP contribution in [-0.4, -0.2) is 41.0 Å². The smallest absolute Gasteiger partial charge is 0.307 e. The van der Waals surface area contributed by atoms with E-state index in [1.165, 1.54) is 0 Å². The van der Waals surface area contributed by atoms with Gasteiger partial charge in [-0.05, 0) is 35.7 Å². The number of aliphatic carboxylic acids is 1. The summed E-state index contributed by atoms with van der Waals surface area (Å²) in [6.07, 6.45) is -0.211. The predicted molar refractivity (Wildman–Crippen MR) is 157 cm³/mol. The third-order valence-corrected chi connectivity index (χ3v) is 7.05. The van der Waals surface area contributed by atoms with Gasteiger partial charge in [-0.2, -0.15) is 0 Å². The Kier molecular flexibility index (Phi) is 10.4. The molecule has 1 aliphatic rings. The quantitative estimate of drug-likeness (QED) is 0.302. The van der Waals surface area contributed by atoms with Crippen molar-refractivity contribution in [3.8, 4) is 11.8 Å². The van der Waals surface area contributed by atoms with Crippen LogP contribution in [0.4, 0.5) is 5.69 Å². The number of carbonyl (C=O) groups is 5. The molecule has 8 nitrogen and oxygen atoms in total. The Morgan fingerprint density at radius 1 is 0.762 bits per heavy atom. The molecular weight excluding hydrogens is 532 g/mol. The number of hydrogen-bond acceptors (Lipinski definition) is 5. The fourth-order valence-electron chi connectivity index (χ4n) is 4.74. The number of fused-ring (bicyclic) bond motifs is 2. The van der Waals surface area contributed by atoms with Gasteiger partial charge in [0.25, 0.3) is 0 Å². The SMILES string of the molecule is O=C(CCC(=O)NCC(=O)C[C@@H](Cc1ccccc1)C(=O)O)CCC(=O)N1Cc2ccccc2C#Cc2ccccc21. The number of rotatable bonds is 13. The molecular formula is C34H32N2O6. The number of Topliss-reactive ketones (excluding diaryl/α,β-unsaturated/α-hetero) is 2. The Labute approximate surface area is 244 Å². The molecule has 0 radical (unpaired) electrons. The molecule has 0 unspecified atom stereocenters. The van der Waals surface area contributed by atoms with E-state index in [0.29, 0.717) is 12.2 Å². The van der Waals surface area contributed by atoms with Crippen LogP contribution in [0.5, 0.6) is 0 Å². The highest BCUT2D eigenvalue weighted by molar-refractivity contribution is 5.97. The number of amides is 2. The van der Waals surface area contributed by atoms with E-state index in [1.54, 1.807) is 29.2 Å². The molecule has 1 aliphatic heterocycles. The van der Waals surface area contributed by atoms with E-state index in [4.69, 9.17) is 0 Å². The first-order chi connectivity index (χ1) is 20.3. The second kappa shape index (κ2) is 14.6. The lowest BCUT2D eigenvalue weighted by molar-refractivity contribution is -0.143. The fraction of sp³-hybridized carbons (Fsp3) is 0.265. The Morgan fingerprint density at radius 2 is 1.40 bits per heavy atom. The molecule has 0 fully saturated rings. The number of anilines is 1. The molecule has 8 heteroatoms. The number of carboxylic acids is 1. The maximum Gasteiger partial charge on any atom is 0.307 e. The minimum absolute atomic E-state index is 0.0130. The Hall–Kier alpha value is -5.03. The van der Waals surface area contributed by atoms with Gasteiger partial charge in [-0.25, -0.2) is 0 Å². The monoisotopic (exact) mass is 564 g/mol. The van der Waals surface area contributed by atoms with E-state index in [1.807, 2.05) is 54.6 Å². The first-order valence-electron chi connectivity index (χ1n) is 13.9. The molecule has 1 heterocycles. The average Bonchev–Trinajstić information content (AvgIpc) is 2.99. The van der Waals surface area contributed by atoms with Gasteiger partial charge in [0, 0.05) is 43.2 Å². The molecule has 0 saturated heterocycles. The van der Waals surface area contributed by atoms with E-state index in [-0.39, 0.29) is 56.8 Å². The largest absolute Gasteiger partial charge is 0.481 e. The molecule has 42 heavy (non-hydrogen) atoms. The van der Waals surface area contributed by atoms with Crippen LogP contribution in [0.2, 0.25) is 0 Å². The van der Waals surface area contributed by atoms with Crippen molar-refractivity contribution in [3.05, 3.63) is 101 Å². The Morgan fingerprint density at radius 3 is 2.17 bits per heavy atom. The number of carbonyl (C=O) groups excluding carboxylic acids is 4. The molecule has 3 aromatic rings. The Balaban J connectivity index is 1.23. The van der Waals surface area contributed by atoms with Crippen molar-refractivity contribution in [2.24, 2.45) is 5.92 Å². The summed E-state index contributed by atoms with van der Waals surface area (Å²) in [5.74, 6) is 3.02. The fourth-order valence-corrected chi connectivity index (χ4v) is 4.74. The number of nitrogens with zero attached hydrogens (tertiary/aromatic N) is 1. The van der Waals surface area contributed by atoms with Crippen molar-refractivity contribution in [2.75, 3.05) is 11.4 Å². The van der Waals surface area contributed by atoms with E-state index in [0.717, 1.165) is 22.3 Å². The topological polar surface area (TPSA) is 121 Å². The maximum atomic E-state index is 13.3. The summed E-state index contributed by atoms with van der Waals surface area (Å²) < 4.78 is 0. The number of ketones is 2. The molecule has 0 spiro atoms. The van der Waals surface area contributed by atoms with Crippen LogP contribution in [0.1, 0.15) is 54.4 Å². The molecule has 2 amide bonds. The highest BCUT2D eigenvalue weighted by Gasteiger charge is 2.23. The van der Waals surface area contributed by atoms with Gasteiger partial charge in [-0.1, -0.05) is 72.5 Å². The van der Waals surface area contributed by atoms with Gasteiger partial charge in [0.1, 0.15) is 5.78 Å². The minimum atomic E-state index is -1.07. The van der Waals surface area contributed by atoms with Gasteiger partial charge in [0.2, 0.25) is 11.8 Å². The highest BCUT2D eigenvalue weighted by Crippen LogP contribution is 2.26. The number of nitrogens with one attached hydrogen (secondary N) is 1. The maximum absolute atomic E-state index is 13.3. The van der Waals surface area contributed by atoms with Gasteiger partial charge in [0.15, 0.2) is 5.78 Å². The second-order valence-electron chi connectivity index (χ2n) is 10.2. The van der Waals surface area contributed by atoms with Gasteiger partial charge >= 0.3 is 5.97 Å². The van der Waals surface area contributed by atoms with E-state index in [2.05, 4.69) is 17.2 Å². The van der Waals surface area contributed by atoms with Crippen molar-refractivity contribution in [1.82, 2.24) is 5.32 Å². The van der Waals surface area contributed by atoms with Crippen LogP contribution in [0.3, 0.4) is 0 Å². The first kappa shape index (κ1) is 29.9. The zero-order chi connectivity index (χ0) is 29.9.